The second-order valence-electron chi connectivity index (χ2n) is 6.31. The van der Waals surface area contributed by atoms with Gasteiger partial charge in [0.1, 0.15) is 6.07 Å². The molecular formula is C16H19F2N5O. The molecule has 128 valence electrons. The van der Waals surface area contributed by atoms with Crippen LogP contribution in [0.5, 0.6) is 0 Å². The summed E-state index contributed by atoms with van der Waals surface area (Å²) in [7, 11) is 0. The zero-order valence-electron chi connectivity index (χ0n) is 13.3. The number of halogens is 2. The van der Waals surface area contributed by atoms with E-state index in [0.717, 1.165) is 12.8 Å². The Morgan fingerprint density at radius 2 is 1.96 bits per heavy atom. The number of nitrogens with zero attached hydrogens (tertiary/aromatic N) is 5. The summed E-state index contributed by atoms with van der Waals surface area (Å²) in [4.78, 5) is 24.3. The Labute approximate surface area is 139 Å². The smallest absolute Gasteiger partial charge is 0.251 e. The summed E-state index contributed by atoms with van der Waals surface area (Å²) in [6.07, 6.45) is 3.97. The van der Waals surface area contributed by atoms with Crippen molar-refractivity contribution in [2.45, 2.75) is 31.6 Å². The SMILES string of the molecule is N#Cc1nccnc1N1CCCC(C(=O)N2CCC(F)(F)CC2)C1. The molecule has 24 heavy (non-hydrogen) atoms. The number of anilines is 1. The number of rotatable bonds is 2. The van der Waals surface area contributed by atoms with Crippen molar-refractivity contribution in [2.24, 2.45) is 5.92 Å². The van der Waals surface area contributed by atoms with Crippen LogP contribution >= 0.6 is 0 Å². The van der Waals surface area contributed by atoms with E-state index in [1.54, 1.807) is 4.90 Å². The van der Waals surface area contributed by atoms with Gasteiger partial charge in [0.15, 0.2) is 11.5 Å². The lowest BCUT2D eigenvalue weighted by Gasteiger charge is -2.38. The summed E-state index contributed by atoms with van der Waals surface area (Å²) >= 11 is 0. The molecule has 8 heteroatoms. The summed E-state index contributed by atoms with van der Waals surface area (Å²) in [5, 5.41) is 9.15. The first-order valence-corrected chi connectivity index (χ1v) is 8.13. The Balaban J connectivity index is 1.67. The lowest BCUT2D eigenvalue weighted by atomic mass is 9.95. The number of likely N-dealkylation sites (tertiary alicyclic amines) is 1. The van der Waals surface area contributed by atoms with Crippen molar-refractivity contribution in [1.29, 1.82) is 5.26 Å². The van der Waals surface area contributed by atoms with E-state index in [9.17, 15) is 13.6 Å². The Kier molecular flexibility index (Phi) is 4.60. The molecule has 1 aromatic rings. The highest BCUT2D eigenvalue weighted by atomic mass is 19.3. The molecule has 2 aliphatic rings. The second kappa shape index (κ2) is 6.67. The fourth-order valence-corrected chi connectivity index (χ4v) is 3.32. The van der Waals surface area contributed by atoms with Crippen LogP contribution in [0.3, 0.4) is 0 Å². The van der Waals surface area contributed by atoms with Gasteiger partial charge in [-0.3, -0.25) is 4.79 Å². The maximum atomic E-state index is 13.3. The quantitative estimate of drug-likeness (QED) is 0.824. The van der Waals surface area contributed by atoms with Crippen LogP contribution in [-0.2, 0) is 4.79 Å². The lowest BCUT2D eigenvalue weighted by molar-refractivity contribution is -0.141. The summed E-state index contributed by atoms with van der Waals surface area (Å²) in [6.45, 7) is 1.36. The minimum Gasteiger partial charge on any atom is -0.353 e. The topological polar surface area (TPSA) is 73.1 Å². The second-order valence-corrected chi connectivity index (χ2v) is 6.31. The number of carbonyl (C=O) groups is 1. The molecule has 1 amide bonds. The highest BCUT2D eigenvalue weighted by molar-refractivity contribution is 5.80. The third-order valence-electron chi connectivity index (χ3n) is 4.66. The number of aromatic nitrogens is 2. The van der Waals surface area contributed by atoms with E-state index in [0.29, 0.717) is 18.9 Å². The van der Waals surface area contributed by atoms with Crippen LogP contribution in [0, 0.1) is 17.2 Å². The van der Waals surface area contributed by atoms with Crippen molar-refractivity contribution in [3.63, 3.8) is 0 Å². The number of piperidine rings is 2. The van der Waals surface area contributed by atoms with Gasteiger partial charge in [0.2, 0.25) is 5.91 Å². The van der Waals surface area contributed by atoms with Crippen molar-refractivity contribution in [1.82, 2.24) is 14.9 Å². The Morgan fingerprint density at radius 3 is 2.67 bits per heavy atom. The van der Waals surface area contributed by atoms with Crippen LogP contribution in [0.15, 0.2) is 12.4 Å². The molecule has 0 saturated carbocycles. The summed E-state index contributed by atoms with van der Waals surface area (Å²) in [5.74, 6) is -2.49. The average Bonchev–Trinajstić information content (AvgIpc) is 2.61. The molecule has 0 bridgehead atoms. The molecule has 3 rings (SSSR count). The molecular weight excluding hydrogens is 316 g/mol. The molecule has 0 spiro atoms. The number of alkyl halides is 2. The monoisotopic (exact) mass is 335 g/mol. The molecule has 1 atom stereocenters. The first-order chi connectivity index (χ1) is 11.5. The van der Waals surface area contributed by atoms with Gasteiger partial charge in [0.25, 0.3) is 5.92 Å². The van der Waals surface area contributed by atoms with E-state index < -0.39 is 5.92 Å². The minimum absolute atomic E-state index is 0.0717. The molecule has 1 aromatic heterocycles. The third kappa shape index (κ3) is 3.45. The molecule has 2 aliphatic heterocycles. The van der Waals surface area contributed by atoms with Crippen molar-refractivity contribution in [3.8, 4) is 6.07 Å². The van der Waals surface area contributed by atoms with Crippen LogP contribution in [-0.4, -0.2) is 52.9 Å². The molecule has 2 saturated heterocycles. The van der Waals surface area contributed by atoms with Crippen molar-refractivity contribution < 1.29 is 13.6 Å². The van der Waals surface area contributed by atoms with Gasteiger partial charge in [-0.15, -0.1) is 0 Å². The predicted octanol–water partition coefficient (Wildman–Crippen LogP) is 1.82. The number of hydrogen-bond donors (Lipinski definition) is 0. The first-order valence-electron chi connectivity index (χ1n) is 8.13. The highest BCUT2D eigenvalue weighted by Gasteiger charge is 2.38. The molecule has 0 aliphatic carbocycles. The number of nitriles is 1. The normalized spacial score (nSPS) is 23.6. The fraction of sp³-hybridized carbons (Fsp3) is 0.625. The summed E-state index contributed by atoms with van der Waals surface area (Å²) in [6, 6.07) is 2.02. The van der Waals surface area contributed by atoms with E-state index >= 15 is 0 Å². The van der Waals surface area contributed by atoms with Crippen molar-refractivity contribution in [3.05, 3.63) is 18.1 Å². The lowest BCUT2D eigenvalue weighted by Crippen LogP contribution is -2.49. The molecule has 3 heterocycles. The maximum absolute atomic E-state index is 13.3. The van der Waals surface area contributed by atoms with Gasteiger partial charge < -0.3 is 9.80 Å². The zero-order chi connectivity index (χ0) is 17.2. The zero-order valence-corrected chi connectivity index (χ0v) is 13.3. The first kappa shape index (κ1) is 16.6. The number of hydrogen-bond acceptors (Lipinski definition) is 5. The van der Waals surface area contributed by atoms with Gasteiger partial charge in [-0.25, -0.2) is 18.7 Å². The Morgan fingerprint density at radius 1 is 1.25 bits per heavy atom. The van der Waals surface area contributed by atoms with Crippen LogP contribution < -0.4 is 4.90 Å². The molecule has 0 radical (unpaired) electrons. The van der Waals surface area contributed by atoms with Crippen molar-refractivity contribution >= 4 is 11.7 Å². The molecule has 1 unspecified atom stereocenters. The maximum Gasteiger partial charge on any atom is 0.251 e. The standard InChI is InChI=1S/C16H19F2N5O/c17-16(18)3-8-22(9-4-16)15(24)12-2-1-7-23(11-12)14-13(10-19)20-5-6-21-14/h5-6,12H,1-4,7-9,11H2. The van der Waals surface area contributed by atoms with E-state index in [-0.39, 0.29) is 43.5 Å². The molecule has 0 N–H and O–H groups in total. The summed E-state index contributed by atoms with van der Waals surface area (Å²) < 4.78 is 26.5. The van der Waals surface area contributed by atoms with Gasteiger partial charge in [-0.1, -0.05) is 0 Å². The Bertz CT molecular complexity index is 650. The van der Waals surface area contributed by atoms with Gasteiger partial charge >= 0.3 is 0 Å². The van der Waals surface area contributed by atoms with Crippen LogP contribution in [0.25, 0.3) is 0 Å². The number of amides is 1. The fourth-order valence-electron chi connectivity index (χ4n) is 3.32. The predicted molar refractivity (Wildman–Crippen MR) is 82.4 cm³/mol. The Hall–Kier alpha value is -2.30. The van der Waals surface area contributed by atoms with E-state index in [4.69, 9.17) is 5.26 Å². The third-order valence-corrected chi connectivity index (χ3v) is 4.66. The highest BCUT2D eigenvalue weighted by Crippen LogP contribution is 2.30. The molecule has 2 fully saturated rings. The number of carbonyl (C=O) groups excluding carboxylic acids is 1. The molecule has 6 nitrogen and oxygen atoms in total. The minimum atomic E-state index is -2.66. The van der Waals surface area contributed by atoms with Gasteiger partial charge in [0, 0.05) is 51.4 Å². The van der Waals surface area contributed by atoms with E-state index in [1.807, 2.05) is 11.0 Å². The van der Waals surface area contributed by atoms with E-state index in [2.05, 4.69) is 9.97 Å². The average molecular weight is 335 g/mol. The van der Waals surface area contributed by atoms with Gasteiger partial charge in [0.05, 0.1) is 5.92 Å². The van der Waals surface area contributed by atoms with Crippen LogP contribution in [0.2, 0.25) is 0 Å². The van der Waals surface area contributed by atoms with Gasteiger partial charge in [-0.2, -0.15) is 5.26 Å². The van der Waals surface area contributed by atoms with Crippen LogP contribution in [0.1, 0.15) is 31.4 Å². The van der Waals surface area contributed by atoms with Crippen LogP contribution in [0.4, 0.5) is 14.6 Å². The largest absolute Gasteiger partial charge is 0.353 e. The summed E-state index contributed by atoms with van der Waals surface area (Å²) in [5.41, 5.74) is 0.239. The van der Waals surface area contributed by atoms with E-state index in [1.165, 1.54) is 12.4 Å². The van der Waals surface area contributed by atoms with Crippen molar-refractivity contribution in [2.75, 3.05) is 31.1 Å². The molecule has 0 aromatic carbocycles. The van der Waals surface area contributed by atoms with Gasteiger partial charge in [-0.05, 0) is 12.8 Å².